The van der Waals surface area contributed by atoms with Crippen molar-refractivity contribution in [3.8, 4) is 0 Å². The van der Waals surface area contributed by atoms with E-state index in [1.54, 1.807) is 25.3 Å². The van der Waals surface area contributed by atoms with Gasteiger partial charge in [0.2, 0.25) is 0 Å². The summed E-state index contributed by atoms with van der Waals surface area (Å²) in [6.45, 7) is 1.78. The summed E-state index contributed by atoms with van der Waals surface area (Å²) in [5, 5.41) is 17.5. The largest absolute Gasteiger partial charge is 0.479 e. The van der Waals surface area contributed by atoms with Crippen molar-refractivity contribution in [1.29, 1.82) is 0 Å². The van der Waals surface area contributed by atoms with Gasteiger partial charge in [-0.15, -0.1) is 0 Å². The van der Waals surface area contributed by atoms with Crippen molar-refractivity contribution in [3.05, 3.63) is 29.6 Å². The molecule has 0 saturated heterocycles. The fourth-order valence-electron chi connectivity index (χ4n) is 1.03. The zero-order valence-electron chi connectivity index (χ0n) is 7.27. The van der Waals surface area contributed by atoms with E-state index in [-0.39, 0.29) is 6.42 Å². The maximum atomic E-state index is 10.3. The van der Waals surface area contributed by atoms with E-state index >= 15 is 0 Å². The SMILES string of the molecule is Cc1ncccc1CC(O)C(=O)O. The van der Waals surface area contributed by atoms with Crippen LogP contribution < -0.4 is 0 Å². The highest BCUT2D eigenvalue weighted by Crippen LogP contribution is 2.06. The Bertz CT molecular complexity index is 311. The van der Waals surface area contributed by atoms with E-state index in [0.29, 0.717) is 0 Å². The quantitative estimate of drug-likeness (QED) is 0.707. The molecule has 0 amide bonds. The first-order chi connectivity index (χ1) is 6.11. The predicted octanol–water partition coefficient (Wildman–Crippen LogP) is 0.378. The molecule has 4 nitrogen and oxygen atoms in total. The monoisotopic (exact) mass is 181 g/mol. The minimum Gasteiger partial charge on any atom is -0.479 e. The number of carboxylic acids is 1. The van der Waals surface area contributed by atoms with Gasteiger partial charge in [-0.25, -0.2) is 4.79 Å². The number of aromatic nitrogens is 1. The van der Waals surface area contributed by atoms with Gasteiger partial charge < -0.3 is 10.2 Å². The molecule has 0 aliphatic carbocycles. The minimum atomic E-state index is -1.34. The van der Waals surface area contributed by atoms with Crippen molar-refractivity contribution in [2.45, 2.75) is 19.4 Å². The summed E-state index contributed by atoms with van der Waals surface area (Å²) >= 11 is 0. The van der Waals surface area contributed by atoms with Crippen LogP contribution >= 0.6 is 0 Å². The van der Waals surface area contributed by atoms with Crippen LogP contribution in [0.2, 0.25) is 0 Å². The van der Waals surface area contributed by atoms with Crippen LogP contribution in [0.5, 0.6) is 0 Å². The summed E-state index contributed by atoms with van der Waals surface area (Å²) in [7, 11) is 0. The fourth-order valence-corrected chi connectivity index (χ4v) is 1.03. The van der Waals surface area contributed by atoms with E-state index in [2.05, 4.69) is 4.98 Å². The molecule has 0 fully saturated rings. The number of carboxylic acid groups (broad SMARTS) is 1. The van der Waals surface area contributed by atoms with E-state index in [1.807, 2.05) is 0 Å². The third-order valence-corrected chi connectivity index (χ3v) is 1.81. The molecule has 0 radical (unpaired) electrons. The summed E-state index contributed by atoms with van der Waals surface area (Å²) in [5.41, 5.74) is 1.51. The number of aryl methyl sites for hydroxylation is 1. The molecule has 1 atom stereocenters. The summed E-state index contributed by atoms with van der Waals surface area (Å²) in [4.78, 5) is 14.3. The number of aliphatic carboxylic acids is 1. The lowest BCUT2D eigenvalue weighted by Crippen LogP contribution is -2.22. The van der Waals surface area contributed by atoms with E-state index in [1.165, 1.54) is 0 Å². The molecular weight excluding hydrogens is 170 g/mol. The van der Waals surface area contributed by atoms with Gasteiger partial charge in [0.1, 0.15) is 0 Å². The number of aliphatic hydroxyl groups is 1. The van der Waals surface area contributed by atoms with Gasteiger partial charge in [-0.2, -0.15) is 0 Å². The Morgan fingerprint density at radius 3 is 2.92 bits per heavy atom. The Balaban J connectivity index is 2.74. The molecule has 0 spiro atoms. The molecular formula is C9H11NO3. The number of rotatable bonds is 3. The summed E-state index contributed by atoms with van der Waals surface area (Å²) in [5.74, 6) is -1.21. The molecule has 13 heavy (non-hydrogen) atoms. The van der Waals surface area contributed by atoms with Crippen LogP contribution in [0.15, 0.2) is 18.3 Å². The van der Waals surface area contributed by atoms with E-state index < -0.39 is 12.1 Å². The van der Waals surface area contributed by atoms with Crippen molar-refractivity contribution in [2.24, 2.45) is 0 Å². The highest BCUT2D eigenvalue weighted by molar-refractivity contribution is 5.72. The van der Waals surface area contributed by atoms with Crippen LogP contribution in [0, 0.1) is 6.92 Å². The van der Waals surface area contributed by atoms with Crippen molar-refractivity contribution in [2.75, 3.05) is 0 Å². The molecule has 4 heteroatoms. The zero-order chi connectivity index (χ0) is 9.84. The van der Waals surface area contributed by atoms with Gasteiger partial charge >= 0.3 is 5.97 Å². The Morgan fingerprint density at radius 2 is 2.38 bits per heavy atom. The third kappa shape index (κ3) is 2.52. The molecule has 1 unspecified atom stereocenters. The second-order valence-electron chi connectivity index (χ2n) is 2.81. The second kappa shape index (κ2) is 4.00. The molecule has 2 N–H and O–H groups in total. The average molecular weight is 181 g/mol. The molecule has 0 saturated carbocycles. The zero-order valence-corrected chi connectivity index (χ0v) is 7.27. The molecule has 0 bridgehead atoms. The fraction of sp³-hybridized carbons (Fsp3) is 0.333. The van der Waals surface area contributed by atoms with Gasteiger partial charge in [0.05, 0.1) is 0 Å². The Hall–Kier alpha value is -1.42. The lowest BCUT2D eigenvalue weighted by atomic mass is 10.1. The van der Waals surface area contributed by atoms with Gasteiger partial charge in [0, 0.05) is 18.3 Å². The molecule has 1 heterocycles. The molecule has 1 aromatic rings. The lowest BCUT2D eigenvalue weighted by Gasteiger charge is -2.06. The first-order valence-corrected chi connectivity index (χ1v) is 3.92. The number of nitrogens with zero attached hydrogens (tertiary/aromatic N) is 1. The number of carbonyl (C=O) groups is 1. The van der Waals surface area contributed by atoms with Crippen LogP contribution in [-0.2, 0) is 11.2 Å². The Labute approximate surface area is 75.9 Å². The normalized spacial score (nSPS) is 12.5. The molecule has 0 aliphatic rings. The third-order valence-electron chi connectivity index (χ3n) is 1.81. The van der Waals surface area contributed by atoms with Gasteiger partial charge in [-0.3, -0.25) is 4.98 Å². The average Bonchev–Trinajstić information content (AvgIpc) is 2.08. The number of aliphatic hydroxyl groups excluding tert-OH is 1. The second-order valence-corrected chi connectivity index (χ2v) is 2.81. The molecule has 0 aromatic carbocycles. The van der Waals surface area contributed by atoms with E-state index in [4.69, 9.17) is 10.2 Å². The summed E-state index contributed by atoms with van der Waals surface area (Å²) in [6.07, 6.45) is 0.393. The highest BCUT2D eigenvalue weighted by Gasteiger charge is 2.14. The lowest BCUT2D eigenvalue weighted by molar-refractivity contribution is -0.146. The van der Waals surface area contributed by atoms with E-state index in [9.17, 15) is 4.79 Å². The van der Waals surface area contributed by atoms with Gasteiger partial charge in [0.15, 0.2) is 6.10 Å². The van der Waals surface area contributed by atoms with Gasteiger partial charge in [0.25, 0.3) is 0 Å². The van der Waals surface area contributed by atoms with Crippen LogP contribution in [0.1, 0.15) is 11.3 Å². The topological polar surface area (TPSA) is 70.4 Å². The van der Waals surface area contributed by atoms with Crippen molar-refractivity contribution in [1.82, 2.24) is 4.98 Å². The minimum absolute atomic E-state index is 0.106. The van der Waals surface area contributed by atoms with Crippen molar-refractivity contribution < 1.29 is 15.0 Å². The van der Waals surface area contributed by atoms with E-state index in [0.717, 1.165) is 11.3 Å². The van der Waals surface area contributed by atoms with Crippen LogP contribution in [-0.4, -0.2) is 27.3 Å². The Morgan fingerprint density at radius 1 is 1.69 bits per heavy atom. The molecule has 0 aliphatic heterocycles. The van der Waals surface area contributed by atoms with Crippen molar-refractivity contribution in [3.63, 3.8) is 0 Å². The molecule has 1 rings (SSSR count). The van der Waals surface area contributed by atoms with Crippen LogP contribution in [0.4, 0.5) is 0 Å². The number of pyridine rings is 1. The molecule has 1 aromatic heterocycles. The summed E-state index contributed by atoms with van der Waals surface area (Å²) in [6, 6.07) is 3.48. The van der Waals surface area contributed by atoms with Crippen LogP contribution in [0.3, 0.4) is 0 Å². The number of hydrogen-bond donors (Lipinski definition) is 2. The predicted molar refractivity (Wildman–Crippen MR) is 46.3 cm³/mol. The summed E-state index contributed by atoms with van der Waals surface area (Å²) < 4.78 is 0. The Kier molecular flexibility index (Phi) is 2.97. The first kappa shape index (κ1) is 9.67. The maximum absolute atomic E-state index is 10.3. The van der Waals surface area contributed by atoms with Gasteiger partial charge in [-0.05, 0) is 18.6 Å². The van der Waals surface area contributed by atoms with Crippen molar-refractivity contribution >= 4 is 5.97 Å². The van der Waals surface area contributed by atoms with Crippen LogP contribution in [0.25, 0.3) is 0 Å². The smallest absolute Gasteiger partial charge is 0.332 e. The standard InChI is InChI=1S/C9H11NO3/c1-6-7(3-2-4-10-6)5-8(11)9(12)13/h2-4,8,11H,5H2,1H3,(H,12,13). The first-order valence-electron chi connectivity index (χ1n) is 3.92. The molecule has 70 valence electrons. The van der Waals surface area contributed by atoms with Gasteiger partial charge in [-0.1, -0.05) is 6.07 Å². The highest BCUT2D eigenvalue weighted by atomic mass is 16.4. The maximum Gasteiger partial charge on any atom is 0.332 e. The number of hydrogen-bond acceptors (Lipinski definition) is 3.